The second kappa shape index (κ2) is 20.8. The standard InChI is InChI=1S/C33H47N5O7S/c1-22-18-25(39)14-13-24(22)20-26(34)31(42)38-27(15-17-46-3)32(43)36-21-29(40)37-28(19-23-10-6-4-7-11-23)33(44)35-16-9-5-8-12-30(41)45-2/h4,6-7,10-11,13-14,18,26-28,39H,5,8-9,12,15-17,19-21,34H2,1-3H3,(H,35,44)(H,36,43)(H,37,40)(H,38,42)/t26-,27-,28+/m1/s1. The molecule has 3 atom stereocenters. The molecule has 0 fully saturated rings. The second-order valence-corrected chi connectivity index (χ2v) is 12.0. The van der Waals surface area contributed by atoms with Crippen LogP contribution >= 0.6 is 11.8 Å². The van der Waals surface area contributed by atoms with E-state index in [9.17, 15) is 29.1 Å². The van der Waals surface area contributed by atoms with Crippen molar-refractivity contribution in [3.63, 3.8) is 0 Å². The van der Waals surface area contributed by atoms with Crippen molar-refractivity contribution >= 4 is 41.4 Å². The van der Waals surface area contributed by atoms with E-state index in [-0.39, 0.29) is 30.5 Å². The molecule has 0 aliphatic heterocycles. The molecule has 0 radical (unpaired) electrons. The molecular formula is C33H47N5O7S. The maximum atomic E-state index is 13.1. The van der Waals surface area contributed by atoms with Crippen molar-refractivity contribution < 1.29 is 33.8 Å². The Bertz CT molecular complexity index is 1290. The molecule has 7 N–H and O–H groups in total. The molecule has 12 nitrogen and oxygen atoms in total. The summed E-state index contributed by atoms with van der Waals surface area (Å²) in [5, 5.41) is 20.5. The highest BCUT2D eigenvalue weighted by atomic mass is 32.2. The highest BCUT2D eigenvalue weighted by Gasteiger charge is 2.26. The summed E-state index contributed by atoms with van der Waals surface area (Å²) in [7, 11) is 1.34. The van der Waals surface area contributed by atoms with Crippen LogP contribution in [0, 0.1) is 6.92 Å². The van der Waals surface area contributed by atoms with Gasteiger partial charge < -0.3 is 36.8 Å². The number of hydrogen-bond acceptors (Lipinski definition) is 9. The molecule has 252 valence electrons. The third-order valence-corrected chi connectivity index (χ3v) is 7.93. The molecule has 2 rings (SSSR count). The molecule has 0 bridgehead atoms. The number of unbranched alkanes of at least 4 members (excludes halogenated alkanes) is 2. The second-order valence-electron chi connectivity index (χ2n) is 11.0. The first-order valence-corrected chi connectivity index (χ1v) is 16.7. The zero-order valence-corrected chi connectivity index (χ0v) is 27.6. The number of rotatable bonds is 20. The van der Waals surface area contributed by atoms with Crippen molar-refractivity contribution in [2.75, 3.05) is 32.2 Å². The number of carbonyl (C=O) groups excluding carboxylic acids is 5. The number of aromatic hydroxyl groups is 1. The molecule has 0 saturated heterocycles. The van der Waals surface area contributed by atoms with Crippen LogP contribution in [0.4, 0.5) is 0 Å². The summed E-state index contributed by atoms with van der Waals surface area (Å²) in [6.45, 7) is 1.79. The van der Waals surface area contributed by atoms with E-state index in [1.807, 2.05) is 43.5 Å². The Morgan fingerprint density at radius 3 is 2.28 bits per heavy atom. The summed E-state index contributed by atoms with van der Waals surface area (Å²) in [4.78, 5) is 63.2. The van der Waals surface area contributed by atoms with Crippen molar-refractivity contribution in [1.82, 2.24) is 21.3 Å². The molecule has 46 heavy (non-hydrogen) atoms. The van der Waals surface area contributed by atoms with Crippen LogP contribution in [0.2, 0.25) is 0 Å². The summed E-state index contributed by atoms with van der Waals surface area (Å²) >= 11 is 1.51. The van der Waals surface area contributed by atoms with Crippen LogP contribution in [0.3, 0.4) is 0 Å². The van der Waals surface area contributed by atoms with Gasteiger partial charge in [-0.15, -0.1) is 0 Å². The van der Waals surface area contributed by atoms with E-state index in [0.29, 0.717) is 38.0 Å². The first-order valence-electron chi connectivity index (χ1n) is 15.3. The maximum absolute atomic E-state index is 13.1. The number of amides is 4. The third-order valence-electron chi connectivity index (χ3n) is 7.29. The smallest absolute Gasteiger partial charge is 0.305 e. The predicted octanol–water partition coefficient (Wildman–Crippen LogP) is 1.50. The molecule has 0 aromatic heterocycles. The van der Waals surface area contributed by atoms with Gasteiger partial charge in [0.2, 0.25) is 23.6 Å². The van der Waals surface area contributed by atoms with Gasteiger partial charge in [-0.25, -0.2) is 0 Å². The van der Waals surface area contributed by atoms with Crippen LogP contribution < -0.4 is 27.0 Å². The molecular weight excluding hydrogens is 610 g/mol. The minimum Gasteiger partial charge on any atom is -0.508 e. The maximum Gasteiger partial charge on any atom is 0.305 e. The zero-order valence-electron chi connectivity index (χ0n) is 26.8. The Hall–Kier alpha value is -4.10. The average Bonchev–Trinajstić information content (AvgIpc) is 3.04. The van der Waals surface area contributed by atoms with Crippen LogP contribution in [0.25, 0.3) is 0 Å². The number of carbonyl (C=O) groups is 5. The largest absolute Gasteiger partial charge is 0.508 e. The Balaban J connectivity index is 1.94. The van der Waals surface area contributed by atoms with E-state index in [0.717, 1.165) is 23.1 Å². The van der Waals surface area contributed by atoms with Gasteiger partial charge in [0.05, 0.1) is 19.7 Å². The lowest BCUT2D eigenvalue weighted by atomic mass is 10.0. The lowest BCUT2D eigenvalue weighted by Crippen LogP contribution is -2.54. The molecule has 4 amide bonds. The summed E-state index contributed by atoms with van der Waals surface area (Å²) in [6, 6.07) is 11.3. The number of esters is 1. The number of benzene rings is 2. The molecule has 2 aromatic rings. The van der Waals surface area contributed by atoms with Crippen LogP contribution in [-0.4, -0.2) is 85.0 Å². The highest BCUT2D eigenvalue weighted by molar-refractivity contribution is 7.98. The van der Waals surface area contributed by atoms with E-state index in [1.165, 1.54) is 24.9 Å². The topological polar surface area (TPSA) is 189 Å². The van der Waals surface area contributed by atoms with Gasteiger partial charge in [-0.3, -0.25) is 24.0 Å². The fourth-order valence-electron chi connectivity index (χ4n) is 4.62. The van der Waals surface area contributed by atoms with Gasteiger partial charge in [0.25, 0.3) is 0 Å². The fraction of sp³-hybridized carbons (Fsp3) is 0.485. The van der Waals surface area contributed by atoms with E-state index >= 15 is 0 Å². The number of aryl methyl sites for hydroxylation is 1. The van der Waals surface area contributed by atoms with Crippen LogP contribution in [0.15, 0.2) is 48.5 Å². The zero-order chi connectivity index (χ0) is 33.9. The van der Waals surface area contributed by atoms with Gasteiger partial charge in [0.1, 0.15) is 17.8 Å². The SMILES string of the molecule is COC(=O)CCCCCNC(=O)[C@H](Cc1ccccc1)NC(=O)CNC(=O)[C@@H](CCSC)NC(=O)[C@H](N)Cc1ccc(O)cc1C. The van der Waals surface area contributed by atoms with Crippen molar-refractivity contribution in [3.8, 4) is 5.75 Å². The molecule has 0 heterocycles. The van der Waals surface area contributed by atoms with Gasteiger partial charge >= 0.3 is 5.97 Å². The average molecular weight is 658 g/mol. The van der Waals surface area contributed by atoms with Gasteiger partial charge in [0, 0.05) is 19.4 Å². The van der Waals surface area contributed by atoms with E-state index in [4.69, 9.17) is 5.73 Å². The minimum atomic E-state index is -0.929. The molecule has 0 aliphatic carbocycles. The number of ether oxygens (including phenoxy) is 1. The summed E-state index contributed by atoms with van der Waals surface area (Å²) < 4.78 is 4.63. The van der Waals surface area contributed by atoms with Crippen LogP contribution in [0.1, 0.15) is 48.8 Å². The fourth-order valence-corrected chi connectivity index (χ4v) is 5.10. The first-order chi connectivity index (χ1) is 22.0. The number of methoxy groups -OCH3 is 1. The first kappa shape index (κ1) is 38.1. The number of phenolic OH excluding ortho intramolecular Hbond substituents is 1. The number of phenols is 1. The summed E-state index contributed by atoms with van der Waals surface area (Å²) in [5.74, 6) is -1.54. The van der Waals surface area contributed by atoms with Crippen molar-refractivity contribution in [3.05, 3.63) is 65.2 Å². The summed E-state index contributed by atoms with van der Waals surface area (Å²) in [6.07, 6.45) is 5.02. The number of nitrogens with one attached hydrogen (secondary N) is 4. The van der Waals surface area contributed by atoms with Gasteiger partial charge in [-0.05, 0) is 73.4 Å². The lowest BCUT2D eigenvalue weighted by molar-refractivity contribution is -0.140. The van der Waals surface area contributed by atoms with E-state index < -0.39 is 42.4 Å². The minimum absolute atomic E-state index is 0.119. The molecule has 13 heteroatoms. The van der Waals surface area contributed by atoms with Crippen LogP contribution in [0.5, 0.6) is 5.75 Å². The lowest BCUT2D eigenvalue weighted by Gasteiger charge is -2.22. The Morgan fingerprint density at radius 2 is 1.61 bits per heavy atom. The third kappa shape index (κ3) is 14.3. The number of nitrogens with two attached hydrogens (primary N) is 1. The van der Waals surface area contributed by atoms with E-state index in [1.54, 1.807) is 12.1 Å². The van der Waals surface area contributed by atoms with Gasteiger partial charge in [-0.2, -0.15) is 11.8 Å². The molecule has 2 aromatic carbocycles. The Labute approximate surface area is 275 Å². The highest BCUT2D eigenvalue weighted by Crippen LogP contribution is 2.17. The monoisotopic (exact) mass is 657 g/mol. The number of hydrogen-bond donors (Lipinski definition) is 6. The molecule has 0 unspecified atom stereocenters. The Kier molecular flexibility index (Phi) is 17.3. The molecule has 0 aliphatic rings. The van der Waals surface area contributed by atoms with Gasteiger partial charge in [-0.1, -0.05) is 42.8 Å². The summed E-state index contributed by atoms with van der Waals surface area (Å²) in [5.41, 5.74) is 8.59. The predicted molar refractivity (Wildman–Crippen MR) is 178 cm³/mol. The van der Waals surface area contributed by atoms with Crippen molar-refractivity contribution in [2.45, 2.75) is 70.0 Å². The molecule has 0 spiro atoms. The van der Waals surface area contributed by atoms with Crippen molar-refractivity contribution in [2.24, 2.45) is 5.73 Å². The van der Waals surface area contributed by atoms with Crippen LogP contribution in [-0.2, 0) is 41.6 Å². The van der Waals surface area contributed by atoms with Crippen molar-refractivity contribution in [1.29, 1.82) is 0 Å². The normalized spacial score (nSPS) is 12.7. The Morgan fingerprint density at radius 1 is 0.891 bits per heavy atom. The quantitative estimate of drug-likeness (QED) is 0.0906. The number of thioether (sulfide) groups is 1. The van der Waals surface area contributed by atoms with Gasteiger partial charge in [0.15, 0.2) is 0 Å². The van der Waals surface area contributed by atoms with E-state index in [2.05, 4.69) is 26.0 Å². The molecule has 0 saturated carbocycles.